The van der Waals surface area contributed by atoms with Crippen molar-refractivity contribution in [3.05, 3.63) is 56.9 Å². The van der Waals surface area contributed by atoms with Crippen LogP contribution in [0, 0.1) is 10.1 Å². The molecule has 2 heterocycles. The van der Waals surface area contributed by atoms with E-state index >= 15 is 0 Å². The molecule has 0 aliphatic heterocycles. The largest absolute Gasteiger partial charge is 0.495 e. The molecule has 0 bridgehead atoms. The second-order valence-corrected chi connectivity index (χ2v) is 6.42. The van der Waals surface area contributed by atoms with Crippen LogP contribution in [-0.2, 0) is 0 Å². The number of aromatic nitrogens is 1. The van der Waals surface area contributed by atoms with Gasteiger partial charge in [0.05, 0.1) is 22.6 Å². The molecule has 0 spiro atoms. The molecule has 1 aromatic carbocycles. The molecule has 7 nitrogen and oxygen atoms in total. The number of non-ortho nitro benzene ring substituents is 1. The van der Waals surface area contributed by atoms with E-state index in [9.17, 15) is 14.9 Å². The van der Waals surface area contributed by atoms with Gasteiger partial charge in [-0.3, -0.25) is 14.9 Å². The second kappa shape index (κ2) is 6.77. The third-order valence-corrected chi connectivity index (χ3v) is 4.99. The number of ether oxygens (including phenoxy) is 1. The summed E-state index contributed by atoms with van der Waals surface area (Å²) >= 11 is 2.90. The molecule has 0 saturated heterocycles. The third kappa shape index (κ3) is 3.26. The van der Waals surface area contributed by atoms with E-state index in [2.05, 4.69) is 10.3 Å². The monoisotopic (exact) mass is 361 g/mol. The highest BCUT2D eigenvalue weighted by atomic mass is 32.1. The Morgan fingerprint density at radius 2 is 2.17 bits per heavy atom. The maximum Gasteiger partial charge on any atom is 0.275 e. The highest BCUT2D eigenvalue weighted by Gasteiger charge is 2.17. The molecule has 1 N–H and O–H groups in total. The van der Waals surface area contributed by atoms with Crippen LogP contribution >= 0.6 is 22.7 Å². The smallest absolute Gasteiger partial charge is 0.275 e. The van der Waals surface area contributed by atoms with E-state index in [0.717, 1.165) is 9.88 Å². The minimum absolute atomic E-state index is 0.136. The van der Waals surface area contributed by atoms with Crippen LogP contribution in [0.2, 0.25) is 0 Å². The number of nitro groups is 1. The van der Waals surface area contributed by atoms with Gasteiger partial charge in [-0.1, -0.05) is 6.07 Å². The molecule has 122 valence electrons. The van der Waals surface area contributed by atoms with Gasteiger partial charge in [-0.15, -0.1) is 22.7 Å². The summed E-state index contributed by atoms with van der Waals surface area (Å²) in [6, 6.07) is 7.84. The van der Waals surface area contributed by atoms with E-state index in [1.54, 1.807) is 5.38 Å². The van der Waals surface area contributed by atoms with Crippen molar-refractivity contribution in [2.75, 3.05) is 12.4 Å². The SMILES string of the molecule is COc1ccc([N+](=O)[O-])cc1NC(=O)c1csc(-c2cccs2)n1. The first-order valence-corrected chi connectivity index (χ1v) is 8.47. The Kier molecular flexibility index (Phi) is 4.54. The molecule has 0 radical (unpaired) electrons. The highest BCUT2D eigenvalue weighted by Crippen LogP contribution is 2.31. The molecule has 1 amide bonds. The first-order chi connectivity index (χ1) is 11.6. The van der Waals surface area contributed by atoms with E-state index in [4.69, 9.17) is 4.74 Å². The zero-order valence-corrected chi connectivity index (χ0v) is 14.0. The van der Waals surface area contributed by atoms with Gasteiger partial charge in [0.25, 0.3) is 11.6 Å². The maximum absolute atomic E-state index is 12.4. The Labute approximate surface area is 144 Å². The molecular weight excluding hydrogens is 350 g/mol. The zero-order valence-electron chi connectivity index (χ0n) is 12.4. The minimum atomic E-state index is -0.535. The predicted octanol–water partition coefficient (Wildman–Crippen LogP) is 4.04. The van der Waals surface area contributed by atoms with E-state index < -0.39 is 10.8 Å². The van der Waals surface area contributed by atoms with E-state index in [-0.39, 0.29) is 17.1 Å². The Morgan fingerprint density at radius 3 is 2.83 bits per heavy atom. The molecule has 0 fully saturated rings. The van der Waals surface area contributed by atoms with Gasteiger partial charge in [0.1, 0.15) is 16.5 Å². The number of nitrogens with one attached hydrogen (secondary N) is 1. The van der Waals surface area contributed by atoms with Gasteiger partial charge in [0.15, 0.2) is 0 Å². The number of nitrogens with zero attached hydrogens (tertiary/aromatic N) is 2. The number of rotatable bonds is 5. The Bertz CT molecular complexity index is 890. The van der Waals surface area contributed by atoms with Crippen molar-refractivity contribution in [2.45, 2.75) is 0 Å². The van der Waals surface area contributed by atoms with Gasteiger partial charge in [-0.05, 0) is 17.5 Å². The number of anilines is 1. The maximum atomic E-state index is 12.4. The van der Waals surface area contributed by atoms with Crippen LogP contribution in [0.4, 0.5) is 11.4 Å². The fourth-order valence-corrected chi connectivity index (χ4v) is 3.60. The van der Waals surface area contributed by atoms with Crippen LogP contribution in [0.3, 0.4) is 0 Å². The number of methoxy groups -OCH3 is 1. The Morgan fingerprint density at radius 1 is 1.33 bits per heavy atom. The number of hydrogen-bond acceptors (Lipinski definition) is 7. The van der Waals surface area contributed by atoms with Gasteiger partial charge in [-0.2, -0.15) is 0 Å². The van der Waals surface area contributed by atoms with Gasteiger partial charge in [0, 0.05) is 17.5 Å². The van der Waals surface area contributed by atoms with E-state index in [1.807, 2.05) is 17.5 Å². The van der Waals surface area contributed by atoms with Crippen LogP contribution in [0.1, 0.15) is 10.5 Å². The normalized spacial score (nSPS) is 10.4. The number of amides is 1. The standard InChI is InChI=1S/C15H11N3O4S2/c1-22-12-5-4-9(18(20)21)7-10(12)16-14(19)11-8-24-15(17-11)13-3-2-6-23-13/h2-8H,1H3,(H,16,19). The number of carbonyl (C=O) groups is 1. The van der Waals surface area contributed by atoms with Gasteiger partial charge < -0.3 is 10.1 Å². The molecule has 3 rings (SSSR count). The summed E-state index contributed by atoms with van der Waals surface area (Å²) in [7, 11) is 1.43. The van der Waals surface area contributed by atoms with Crippen molar-refractivity contribution in [1.29, 1.82) is 0 Å². The van der Waals surface area contributed by atoms with E-state index in [1.165, 1.54) is 48.0 Å². The average molecular weight is 361 g/mol. The van der Waals surface area contributed by atoms with Crippen molar-refractivity contribution in [3.8, 4) is 15.6 Å². The number of carbonyl (C=O) groups excluding carboxylic acids is 1. The summed E-state index contributed by atoms with van der Waals surface area (Å²) in [6.07, 6.45) is 0. The highest BCUT2D eigenvalue weighted by molar-refractivity contribution is 7.20. The first kappa shape index (κ1) is 16.1. The molecule has 0 unspecified atom stereocenters. The quantitative estimate of drug-likeness (QED) is 0.547. The lowest BCUT2D eigenvalue weighted by atomic mass is 10.2. The minimum Gasteiger partial charge on any atom is -0.495 e. The summed E-state index contributed by atoms with van der Waals surface area (Å²) in [5.74, 6) is -0.115. The Balaban J connectivity index is 1.84. The van der Waals surface area contributed by atoms with Gasteiger partial charge in [0.2, 0.25) is 0 Å². The van der Waals surface area contributed by atoms with Crippen molar-refractivity contribution in [2.24, 2.45) is 0 Å². The van der Waals surface area contributed by atoms with Crippen LogP contribution in [0.5, 0.6) is 5.75 Å². The van der Waals surface area contributed by atoms with Crippen molar-refractivity contribution in [1.82, 2.24) is 4.98 Å². The topological polar surface area (TPSA) is 94.4 Å². The lowest BCUT2D eigenvalue weighted by Gasteiger charge is -2.08. The molecule has 0 saturated carbocycles. The number of thiazole rings is 1. The third-order valence-electron chi connectivity index (χ3n) is 3.11. The average Bonchev–Trinajstić information content (AvgIpc) is 3.25. The second-order valence-electron chi connectivity index (χ2n) is 4.61. The summed E-state index contributed by atoms with van der Waals surface area (Å²) in [5.41, 5.74) is 0.336. The lowest BCUT2D eigenvalue weighted by Crippen LogP contribution is -2.13. The predicted molar refractivity (Wildman–Crippen MR) is 93.0 cm³/mol. The molecule has 0 aliphatic carbocycles. The fourth-order valence-electron chi connectivity index (χ4n) is 1.99. The lowest BCUT2D eigenvalue weighted by molar-refractivity contribution is -0.384. The van der Waals surface area contributed by atoms with Crippen LogP contribution in [0.25, 0.3) is 9.88 Å². The van der Waals surface area contributed by atoms with Gasteiger partial charge in [-0.25, -0.2) is 4.98 Å². The molecule has 0 atom stereocenters. The van der Waals surface area contributed by atoms with Crippen LogP contribution in [-0.4, -0.2) is 22.9 Å². The summed E-state index contributed by atoms with van der Waals surface area (Å²) in [6.45, 7) is 0. The number of thiophene rings is 1. The van der Waals surface area contributed by atoms with E-state index in [0.29, 0.717) is 5.75 Å². The molecule has 24 heavy (non-hydrogen) atoms. The molecule has 9 heteroatoms. The van der Waals surface area contributed by atoms with Crippen LogP contribution < -0.4 is 10.1 Å². The number of benzene rings is 1. The van der Waals surface area contributed by atoms with Crippen molar-refractivity contribution < 1.29 is 14.5 Å². The van der Waals surface area contributed by atoms with Crippen molar-refractivity contribution in [3.63, 3.8) is 0 Å². The molecular formula is C15H11N3O4S2. The van der Waals surface area contributed by atoms with Crippen molar-refractivity contribution >= 4 is 40.0 Å². The summed E-state index contributed by atoms with van der Waals surface area (Å²) < 4.78 is 5.13. The summed E-state index contributed by atoms with van der Waals surface area (Å²) in [4.78, 5) is 28.0. The number of nitro benzene ring substituents is 1. The van der Waals surface area contributed by atoms with Gasteiger partial charge >= 0.3 is 0 Å². The number of hydrogen-bond donors (Lipinski definition) is 1. The zero-order chi connectivity index (χ0) is 17.1. The summed E-state index contributed by atoms with van der Waals surface area (Å²) in [5, 5.41) is 17.8. The molecule has 3 aromatic rings. The fraction of sp³-hybridized carbons (Fsp3) is 0.0667. The van der Waals surface area contributed by atoms with Crippen LogP contribution in [0.15, 0.2) is 41.1 Å². The Hall–Kier alpha value is -2.78. The first-order valence-electron chi connectivity index (χ1n) is 6.71. The molecule has 2 aromatic heterocycles. The molecule has 0 aliphatic rings.